The third-order valence-electron chi connectivity index (χ3n) is 3.87. The van der Waals surface area contributed by atoms with Crippen molar-refractivity contribution in [3.63, 3.8) is 0 Å². The topological polar surface area (TPSA) is 61.4 Å². The van der Waals surface area contributed by atoms with E-state index in [-0.39, 0.29) is 18.6 Å². The zero-order valence-corrected chi connectivity index (χ0v) is 11.7. The number of hydrogen-bond acceptors (Lipinski definition) is 3. The summed E-state index contributed by atoms with van der Waals surface area (Å²) in [6.45, 7) is 5.69. The Bertz CT molecular complexity index is 246. The fourth-order valence-corrected chi connectivity index (χ4v) is 2.82. The van der Waals surface area contributed by atoms with Crippen LogP contribution in [0.4, 0.5) is 0 Å². The zero-order chi connectivity index (χ0) is 13.4. The van der Waals surface area contributed by atoms with E-state index < -0.39 is 0 Å². The normalized spacial score (nSPS) is 25.1. The molecular weight excluding hydrogens is 228 g/mol. The van der Waals surface area contributed by atoms with Gasteiger partial charge in [-0.3, -0.25) is 4.79 Å². The molecule has 3 atom stereocenters. The molecule has 0 heterocycles. The van der Waals surface area contributed by atoms with Gasteiger partial charge in [-0.25, -0.2) is 0 Å². The first kappa shape index (κ1) is 15.4. The van der Waals surface area contributed by atoms with Crippen LogP contribution >= 0.6 is 0 Å². The molecule has 4 heteroatoms. The number of aliphatic hydroxyl groups is 1. The Kier molecular flexibility index (Phi) is 7.28. The summed E-state index contributed by atoms with van der Waals surface area (Å²) in [5.74, 6) is 1.05. The molecule has 1 saturated carbocycles. The van der Waals surface area contributed by atoms with Crippen LogP contribution in [0.25, 0.3) is 0 Å². The second-order valence-electron chi connectivity index (χ2n) is 5.52. The van der Waals surface area contributed by atoms with E-state index in [2.05, 4.69) is 17.6 Å². The highest BCUT2D eigenvalue weighted by Crippen LogP contribution is 2.30. The molecule has 0 aromatic rings. The van der Waals surface area contributed by atoms with Gasteiger partial charge in [0.05, 0.1) is 6.54 Å². The maximum Gasteiger partial charge on any atom is 0.234 e. The Morgan fingerprint density at radius 2 is 2.11 bits per heavy atom. The van der Waals surface area contributed by atoms with E-state index in [1.165, 1.54) is 12.8 Å². The van der Waals surface area contributed by atoms with Crippen molar-refractivity contribution in [2.75, 3.05) is 19.7 Å². The third kappa shape index (κ3) is 5.36. The minimum atomic E-state index is 0.0782. The number of hydrogen-bond donors (Lipinski definition) is 3. The van der Waals surface area contributed by atoms with Gasteiger partial charge in [0.1, 0.15) is 0 Å². The average Bonchev–Trinajstić information content (AvgIpc) is 2.76. The first-order chi connectivity index (χ1) is 8.67. The molecule has 0 aromatic carbocycles. The number of nitrogens with one attached hydrogen (secondary N) is 2. The molecule has 0 spiro atoms. The molecular formula is C14H28N2O2. The summed E-state index contributed by atoms with van der Waals surface area (Å²) in [6.07, 6.45) is 5.63. The minimum Gasteiger partial charge on any atom is -0.396 e. The maximum atomic E-state index is 11.6. The van der Waals surface area contributed by atoms with Crippen LogP contribution in [0, 0.1) is 11.8 Å². The molecule has 1 fully saturated rings. The van der Waals surface area contributed by atoms with Gasteiger partial charge in [-0.05, 0) is 44.6 Å². The molecule has 4 nitrogen and oxygen atoms in total. The Morgan fingerprint density at radius 3 is 2.78 bits per heavy atom. The molecule has 1 aliphatic carbocycles. The molecule has 1 aliphatic rings. The summed E-state index contributed by atoms with van der Waals surface area (Å²) in [5, 5.41) is 15.4. The van der Waals surface area contributed by atoms with Crippen LogP contribution in [-0.4, -0.2) is 36.8 Å². The summed E-state index contributed by atoms with van der Waals surface area (Å²) in [7, 11) is 0. The summed E-state index contributed by atoms with van der Waals surface area (Å²) in [5.41, 5.74) is 0. The minimum absolute atomic E-state index is 0.0782. The van der Waals surface area contributed by atoms with Crippen molar-refractivity contribution >= 4 is 5.91 Å². The Hall–Kier alpha value is -0.610. The number of carbonyl (C=O) groups excluding carboxylic acids is 1. The predicted octanol–water partition coefficient (Wildman–Crippen LogP) is 1.29. The van der Waals surface area contributed by atoms with Gasteiger partial charge in [-0.15, -0.1) is 0 Å². The second-order valence-corrected chi connectivity index (χ2v) is 5.52. The molecule has 0 aromatic heterocycles. The molecule has 1 rings (SSSR count). The lowest BCUT2D eigenvalue weighted by atomic mass is 9.97. The van der Waals surface area contributed by atoms with Crippen LogP contribution in [-0.2, 0) is 4.79 Å². The largest absolute Gasteiger partial charge is 0.396 e. The highest BCUT2D eigenvalue weighted by Gasteiger charge is 2.26. The van der Waals surface area contributed by atoms with E-state index in [0.29, 0.717) is 18.4 Å². The maximum absolute atomic E-state index is 11.6. The molecule has 3 N–H and O–H groups in total. The van der Waals surface area contributed by atoms with Crippen molar-refractivity contribution in [1.82, 2.24) is 10.6 Å². The Morgan fingerprint density at radius 1 is 1.39 bits per heavy atom. The first-order valence-corrected chi connectivity index (χ1v) is 7.28. The lowest BCUT2D eigenvalue weighted by Gasteiger charge is -2.18. The Labute approximate surface area is 111 Å². The lowest BCUT2D eigenvalue weighted by molar-refractivity contribution is -0.120. The average molecular weight is 256 g/mol. The predicted molar refractivity (Wildman–Crippen MR) is 73.3 cm³/mol. The molecule has 0 radical (unpaired) electrons. The van der Waals surface area contributed by atoms with Crippen LogP contribution in [0.3, 0.4) is 0 Å². The Balaban J connectivity index is 2.11. The van der Waals surface area contributed by atoms with Gasteiger partial charge in [0, 0.05) is 12.6 Å². The van der Waals surface area contributed by atoms with Crippen molar-refractivity contribution in [1.29, 1.82) is 0 Å². The van der Waals surface area contributed by atoms with Crippen molar-refractivity contribution < 1.29 is 9.90 Å². The molecule has 3 unspecified atom stereocenters. The van der Waals surface area contributed by atoms with Crippen molar-refractivity contribution in [2.45, 2.75) is 52.0 Å². The molecule has 0 saturated heterocycles. The number of aliphatic hydroxyl groups excluding tert-OH is 1. The molecule has 106 valence electrons. The van der Waals surface area contributed by atoms with E-state index in [4.69, 9.17) is 0 Å². The summed E-state index contributed by atoms with van der Waals surface area (Å²) < 4.78 is 0. The summed E-state index contributed by atoms with van der Waals surface area (Å²) in [4.78, 5) is 11.6. The van der Waals surface area contributed by atoms with Gasteiger partial charge in [0.15, 0.2) is 0 Å². The first-order valence-electron chi connectivity index (χ1n) is 7.28. The standard InChI is InChI=1S/C14H28N2O2/c1-3-5-11(2)16-14(18)9-15-8-12-6-4-7-13(12)10-17/h11-13,15,17H,3-10H2,1-2H3,(H,16,18). The van der Waals surface area contributed by atoms with Crippen molar-refractivity contribution in [3.8, 4) is 0 Å². The highest BCUT2D eigenvalue weighted by atomic mass is 16.3. The molecule has 0 bridgehead atoms. The number of amides is 1. The molecule has 0 aliphatic heterocycles. The third-order valence-corrected chi connectivity index (χ3v) is 3.87. The highest BCUT2D eigenvalue weighted by molar-refractivity contribution is 5.78. The monoisotopic (exact) mass is 256 g/mol. The van der Waals surface area contributed by atoms with Crippen LogP contribution in [0.1, 0.15) is 46.0 Å². The van der Waals surface area contributed by atoms with E-state index in [0.717, 1.165) is 25.8 Å². The number of rotatable bonds is 8. The zero-order valence-electron chi connectivity index (χ0n) is 11.7. The van der Waals surface area contributed by atoms with Crippen LogP contribution in [0.15, 0.2) is 0 Å². The van der Waals surface area contributed by atoms with Crippen LogP contribution in [0.2, 0.25) is 0 Å². The second kappa shape index (κ2) is 8.48. The molecule has 1 amide bonds. The number of carbonyl (C=O) groups is 1. The van der Waals surface area contributed by atoms with Crippen LogP contribution in [0.5, 0.6) is 0 Å². The fraction of sp³-hybridized carbons (Fsp3) is 0.929. The van der Waals surface area contributed by atoms with Gasteiger partial charge < -0.3 is 15.7 Å². The quantitative estimate of drug-likeness (QED) is 0.613. The lowest BCUT2D eigenvalue weighted by Crippen LogP contribution is -2.40. The van der Waals surface area contributed by atoms with Gasteiger partial charge >= 0.3 is 0 Å². The van der Waals surface area contributed by atoms with Gasteiger partial charge in [0.2, 0.25) is 5.91 Å². The van der Waals surface area contributed by atoms with Gasteiger partial charge in [-0.2, -0.15) is 0 Å². The molecule has 18 heavy (non-hydrogen) atoms. The van der Waals surface area contributed by atoms with E-state index in [9.17, 15) is 9.90 Å². The van der Waals surface area contributed by atoms with Crippen LogP contribution < -0.4 is 10.6 Å². The SMILES string of the molecule is CCCC(C)NC(=O)CNCC1CCCC1CO. The van der Waals surface area contributed by atoms with E-state index in [1.807, 2.05) is 6.92 Å². The van der Waals surface area contributed by atoms with Gasteiger partial charge in [-0.1, -0.05) is 19.8 Å². The van der Waals surface area contributed by atoms with E-state index in [1.54, 1.807) is 0 Å². The van der Waals surface area contributed by atoms with E-state index >= 15 is 0 Å². The summed E-state index contributed by atoms with van der Waals surface area (Å²) >= 11 is 0. The fourth-order valence-electron chi connectivity index (χ4n) is 2.82. The smallest absolute Gasteiger partial charge is 0.234 e. The van der Waals surface area contributed by atoms with Gasteiger partial charge in [0.25, 0.3) is 0 Å². The summed E-state index contributed by atoms with van der Waals surface area (Å²) in [6, 6.07) is 0.265. The van der Waals surface area contributed by atoms with Crippen molar-refractivity contribution in [3.05, 3.63) is 0 Å². The van der Waals surface area contributed by atoms with Crippen molar-refractivity contribution in [2.24, 2.45) is 11.8 Å².